The van der Waals surface area contributed by atoms with E-state index in [0.29, 0.717) is 24.2 Å². The molecule has 3 unspecified atom stereocenters. The first kappa shape index (κ1) is 23.5. The van der Waals surface area contributed by atoms with Gasteiger partial charge in [-0.05, 0) is 52.7 Å². The van der Waals surface area contributed by atoms with Gasteiger partial charge in [-0.3, -0.25) is 0 Å². The van der Waals surface area contributed by atoms with Crippen LogP contribution in [0.2, 0.25) is 0 Å². The summed E-state index contributed by atoms with van der Waals surface area (Å²) in [5.41, 5.74) is 11.6. The summed E-state index contributed by atoms with van der Waals surface area (Å²) in [4.78, 5) is 10.8. The van der Waals surface area contributed by atoms with Gasteiger partial charge in [0.1, 0.15) is 12.1 Å². The molecule has 1 fully saturated rings. The number of hydrogen-bond acceptors (Lipinski definition) is 4. The van der Waals surface area contributed by atoms with Crippen LogP contribution in [-0.2, 0) is 0 Å². The van der Waals surface area contributed by atoms with Gasteiger partial charge < -0.3 is 19.6 Å². The third kappa shape index (κ3) is 2.87. The van der Waals surface area contributed by atoms with Crippen LogP contribution >= 0.6 is 7.92 Å². The molecule has 1 aliphatic carbocycles. The highest BCUT2D eigenvalue weighted by Crippen LogP contribution is 2.57. The third-order valence-corrected chi connectivity index (χ3v) is 13.5. The zero-order valence-corrected chi connectivity index (χ0v) is 24.8. The Balaban J connectivity index is 1.37. The van der Waals surface area contributed by atoms with Gasteiger partial charge in [-0.15, -0.1) is 0 Å². The summed E-state index contributed by atoms with van der Waals surface area (Å²) in [6, 6.07) is 20.3. The summed E-state index contributed by atoms with van der Waals surface area (Å²) in [7, 11) is -0.605. The van der Waals surface area contributed by atoms with E-state index in [2.05, 4.69) is 121 Å². The smallest absolute Gasteiger partial charge is 0.243 e. The highest BCUT2D eigenvalue weighted by molar-refractivity contribution is 7.76. The van der Waals surface area contributed by atoms with Crippen LogP contribution in [0.25, 0.3) is 0 Å². The second kappa shape index (κ2) is 8.20. The Hall–Kier alpha value is -3.17. The molecule has 5 aliphatic heterocycles. The van der Waals surface area contributed by atoms with E-state index < -0.39 is 7.92 Å². The minimum Gasteiger partial charge on any atom is -0.351 e. The van der Waals surface area contributed by atoms with Crippen molar-refractivity contribution in [3.05, 3.63) is 90.0 Å². The van der Waals surface area contributed by atoms with Crippen LogP contribution in [0.5, 0.6) is 0 Å². The molecule has 6 aliphatic rings. The molecule has 9 rings (SSSR count). The minimum absolute atomic E-state index is 0.255. The second-order valence-corrected chi connectivity index (χ2v) is 14.8. The van der Waals surface area contributed by atoms with Gasteiger partial charge in [0, 0.05) is 43.3 Å². The topological polar surface area (TPSA) is 13.0 Å². The van der Waals surface area contributed by atoms with E-state index in [0.717, 1.165) is 0 Å². The summed E-state index contributed by atoms with van der Waals surface area (Å²) >= 11 is 0. The Morgan fingerprint density at radius 3 is 1.98 bits per heavy atom. The molecule has 3 aromatic rings. The van der Waals surface area contributed by atoms with E-state index in [1.54, 1.807) is 10.6 Å². The fourth-order valence-corrected chi connectivity index (χ4v) is 12.6. The molecule has 5 atom stereocenters. The molecular formula is C34H36BN4P. The fraction of sp³-hybridized carbons (Fsp3) is 0.353. The van der Waals surface area contributed by atoms with Gasteiger partial charge >= 0.3 is 0 Å². The van der Waals surface area contributed by atoms with E-state index in [9.17, 15) is 0 Å². The van der Waals surface area contributed by atoms with E-state index in [4.69, 9.17) is 0 Å². The highest BCUT2D eigenvalue weighted by Gasteiger charge is 2.55. The lowest BCUT2D eigenvalue weighted by atomic mass is 9.35. The molecular weight excluding hydrogens is 506 g/mol. The monoisotopic (exact) mass is 542 g/mol. The first-order valence-electron chi connectivity index (χ1n) is 15.1. The van der Waals surface area contributed by atoms with E-state index >= 15 is 0 Å². The van der Waals surface area contributed by atoms with Gasteiger partial charge in [0.15, 0.2) is 0 Å². The number of fused-ring (bicyclic) bond motifs is 7. The van der Waals surface area contributed by atoms with Crippen LogP contribution in [0.1, 0.15) is 49.3 Å². The highest BCUT2D eigenvalue weighted by atomic mass is 31.1. The van der Waals surface area contributed by atoms with Crippen LogP contribution in [0.4, 0.5) is 11.4 Å². The Morgan fingerprint density at radius 1 is 0.725 bits per heavy atom. The largest absolute Gasteiger partial charge is 0.351 e. The summed E-state index contributed by atoms with van der Waals surface area (Å²) in [6.45, 7) is 9.56. The Bertz CT molecular complexity index is 1620. The van der Waals surface area contributed by atoms with Crippen molar-refractivity contribution in [1.29, 1.82) is 0 Å². The van der Waals surface area contributed by atoms with Crippen molar-refractivity contribution in [1.82, 2.24) is 9.80 Å². The van der Waals surface area contributed by atoms with Gasteiger partial charge in [0.2, 0.25) is 6.71 Å². The number of aryl methyl sites for hydroxylation is 3. The predicted octanol–water partition coefficient (Wildman–Crippen LogP) is 4.03. The van der Waals surface area contributed by atoms with Crippen molar-refractivity contribution in [3.63, 3.8) is 0 Å². The number of benzene rings is 3. The Kier molecular flexibility index (Phi) is 4.82. The SMILES string of the molecule is Cc1cc(C)c(B2c3cccc4c3P3c5c2cccc5N2C=CN(C5CCCCC5N5C=CN4[C@H]53)[C@H]2C)c(C)c1. The van der Waals surface area contributed by atoms with Gasteiger partial charge in [-0.25, -0.2) is 0 Å². The van der Waals surface area contributed by atoms with Gasteiger partial charge in [-0.2, -0.15) is 0 Å². The second-order valence-electron chi connectivity index (χ2n) is 12.7. The average Bonchev–Trinajstić information content (AvgIpc) is 3.63. The minimum atomic E-state index is -0.605. The standard InChI is InChI=1S/C34H36BN4P/c1-21-19-22(2)31(23(3)20-21)35-25-9-7-13-29-32(25)40-33-26(35)10-8-14-30(33)39-18-17-38(34(39)40)28-12-6-5-11-27(28)36-15-16-37(29)24(36)4/h7-10,13-20,24,27-28,34H,5-6,11-12H2,1-4H3/t24-,27?,28?,34+,40?/m1/s1. The Morgan fingerprint density at radius 2 is 1.30 bits per heavy atom. The predicted molar refractivity (Wildman–Crippen MR) is 171 cm³/mol. The van der Waals surface area contributed by atoms with Crippen LogP contribution < -0.4 is 36.8 Å². The number of rotatable bonds is 1. The zero-order chi connectivity index (χ0) is 26.9. The van der Waals surface area contributed by atoms with E-state index in [-0.39, 0.29) is 6.71 Å². The first-order valence-corrected chi connectivity index (χ1v) is 16.5. The lowest BCUT2D eigenvalue weighted by Gasteiger charge is -2.50. The maximum atomic E-state index is 2.82. The maximum Gasteiger partial charge on any atom is 0.243 e. The van der Waals surface area contributed by atoms with Gasteiger partial charge in [-0.1, -0.05) is 82.3 Å². The van der Waals surface area contributed by atoms with E-state index in [1.807, 2.05) is 0 Å². The molecule has 3 aromatic carbocycles. The normalized spacial score (nSPS) is 28.4. The molecule has 1 saturated carbocycles. The summed E-state index contributed by atoms with van der Waals surface area (Å²) in [5, 5.41) is 3.23. The van der Waals surface area contributed by atoms with Crippen LogP contribution in [-0.4, -0.2) is 40.7 Å². The lowest BCUT2D eigenvalue weighted by molar-refractivity contribution is 0.0879. The molecule has 40 heavy (non-hydrogen) atoms. The van der Waals surface area contributed by atoms with Crippen LogP contribution in [0.15, 0.2) is 73.3 Å². The zero-order valence-electron chi connectivity index (χ0n) is 23.9. The lowest BCUT2D eigenvalue weighted by Crippen LogP contribution is -2.66. The van der Waals surface area contributed by atoms with Crippen LogP contribution in [0.3, 0.4) is 0 Å². The summed E-state index contributed by atoms with van der Waals surface area (Å²) in [5.74, 6) is 0.369. The number of hydrogen-bond donors (Lipinski definition) is 0. The maximum absolute atomic E-state index is 2.82. The molecule has 0 spiro atoms. The van der Waals surface area contributed by atoms with Crippen LogP contribution in [0, 0.1) is 20.8 Å². The fourth-order valence-electron chi connectivity index (χ4n) is 9.16. The molecule has 0 radical (unpaired) electrons. The van der Waals surface area contributed by atoms with Crippen molar-refractivity contribution in [2.24, 2.45) is 0 Å². The molecule has 0 aromatic heterocycles. The van der Waals surface area contributed by atoms with Gasteiger partial charge in [0.05, 0.1) is 23.5 Å². The molecule has 2 bridgehead atoms. The van der Waals surface area contributed by atoms with Crippen molar-refractivity contribution in [3.8, 4) is 0 Å². The average molecular weight is 542 g/mol. The quantitative estimate of drug-likeness (QED) is 0.340. The molecule has 200 valence electrons. The van der Waals surface area contributed by atoms with Crippen molar-refractivity contribution < 1.29 is 0 Å². The van der Waals surface area contributed by atoms with Gasteiger partial charge in [0.25, 0.3) is 0 Å². The molecule has 6 heteroatoms. The molecule has 4 nitrogen and oxygen atoms in total. The van der Waals surface area contributed by atoms with E-state index in [1.165, 1.54) is 70.1 Å². The number of nitrogens with zero attached hydrogens (tertiary/aromatic N) is 4. The summed E-state index contributed by atoms with van der Waals surface area (Å²) < 4.78 is 0. The van der Waals surface area contributed by atoms with Crippen molar-refractivity contribution in [2.45, 2.75) is 77.5 Å². The molecule has 0 amide bonds. The molecule has 0 saturated heterocycles. The first-order chi connectivity index (χ1) is 19.5. The number of anilines is 2. The molecule has 5 heterocycles. The van der Waals surface area contributed by atoms with Crippen molar-refractivity contribution >= 4 is 53.0 Å². The Labute approximate surface area is 239 Å². The van der Waals surface area contributed by atoms with Crippen molar-refractivity contribution in [2.75, 3.05) is 9.80 Å². The third-order valence-electron chi connectivity index (χ3n) is 10.6. The summed E-state index contributed by atoms with van der Waals surface area (Å²) in [6.07, 6.45) is 15.2. The molecule has 0 N–H and O–H groups in total.